The molecule has 0 spiro atoms. The van der Waals surface area contributed by atoms with Crippen LogP contribution in [-0.2, 0) is 4.74 Å². The highest BCUT2D eigenvalue weighted by Crippen LogP contribution is 2.24. The van der Waals surface area contributed by atoms with Crippen molar-refractivity contribution < 1.29 is 9.13 Å². The summed E-state index contributed by atoms with van der Waals surface area (Å²) in [5.74, 6) is -0.330. The van der Waals surface area contributed by atoms with Crippen molar-refractivity contribution in [2.75, 3.05) is 31.2 Å². The van der Waals surface area contributed by atoms with Gasteiger partial charge in [-0.05, 0) is 24.6 Å². The molecule has 1 fully saturated rings. The summed E-state index contributed by atoms with van der Waals surface area (Å²) >= 11 is 0. The van der Waals surface area contributed by atoms with Gasteiger partial charge in [0.25, 0.3) is 0 Å². The van der Waals surface area contributed by atoms with Gasteiger partial charge in [-0.15, -0.1) is 0 Å². The van der Waals surface area contributed by atoms with E-state index in [0.717, 1.165) is 5.56 Å². The largest absolute Gasteiger partial charge is 0.378 e. The van der Waals surface area contributed by atoms with Crippen molar-refractivity contribution in [2.45, 2.75) is 6.92 Å². The number of hydrogen-bond acceptors (Lipinski definition) is 3. The molecule has 0 bridgehead atoms. The second-order valence-electron chi connectivity index (χ2n) is 3.83. The molecule has 0 N–H and O–H groups in total. The molecule has 0 saturated carbocycles. The SMILES string of the molecule is Cc1cc(N2CCOCC2)c(F)cc1C#N. The quantitative estimate of drug-likeness (QED) is 0.724. The Labute approximate surface area is 94.0 Å². The molecule has 0 aromatic heterocycles. The molecule has 84 valence electrons. The molecule has 1 saturated heterocycles. The molecule has 1 aromatic carbocycles. The van der Waals surface area contributed by atoms with Crippen molar-refractivity contribution in [3.63, 3.8) is 0 Å². The molecule has 1 aliphatic heterocycles. The lowest BCUT2D eigenvalue weighted by atomic mass is 10.1. The highest BCUT2D eigenvalue weighted by Gasteiger charge is 2.16. The van der Waals surface area contributed by atoms with Crippen LogP contribution in [0.5, 0.6) is 0 Å². The van der Waals surface area contributed by atoms with Crippen molar-refractivity contribution in [3.05, 3.63) is 29.1 Å². The zero-order valence-electron chi connectivity index (χ0n) is 9.16. The fraction of sp³-hybridized carbons (Fsp3) is 0.417. The van der Waals surface area contributed by atoms with Gasteiger partial charge >= 0.3 is 0 Å². The number of halogens is 1. The molecule has 16 heavy (non-hydrogen) atoms. The van der Waals surface area contributed by atoms with Crippen molar-refractivity contribution in [1.82, 2.24) is 0 Å². The standard InChI is InChI=1S/C12H13FN2O/c1-9-6-12(11(13)7-10(9)8-14)15-2-4-16-5-3-15/h6-7H,2-5H2,1H3. The Morgan fingerprint density at radius 3 is 2.69 bits per heavy atom. The number of ether oxygens (including phenoxy) is 1. The second kappa shape index (κ2) is 4.50. The first kappa shape index (κ1) is 10.9. The molecule has 0 aliphatic carbocycles. The third kappa shape index (κ3) is 2.00. The van der Waals surface area contributed by atoms with Crippen LogP contribution in [0.3, 0.4) is 0 Å². The number of rotatable bonds is 1. The summed E-state index contributed by atoms with van der Waals surface area (Å²) in [7, 11) is 0. The molecule has 1 heterocycles. The Balaban J connectivity index is 2.34. The van der Waals surface area contributed by atoms with E-state index in [1.807, 2.05) is 17.9 Å². The zero-order chi connectivity index (χ0) is 11.5. The molecule has 2 rings (SSSR count). The predicted octanol–water partition coefficient (Wildman–Crippen LogP) is 1.84. The van der Waals surface area contributed by atoms with Crippen LogP contribution >= 0.6 is 0 Å². The van der Waals surface area contributed by atoms with Crippen LogP contribution in [0.2, 0.25) is 0 Å². The molecule has 0 atom stereocenters. The first-order valence-corrected chi connectivity index (χ1v) is 5.25. The van der Waals surface area contributed by atoms with E-state index >= 15 is 0 Å². The molecule has 0 amide bonds. The number of hydrogen-bond donors (Lipinski definition) is 0. The lowest BCUT2D eigenvalue weighted by Crippen LogP contribution is -2.36. The van der Waals surface area contributed by atoms with E-state index < -0.39 is 0 Å². The summed E-state index contributed by atoms with van der Waals surface area (Å²) in [4.78, 5) is 1.95. The van der Waals surface area contributed by atoms with Gasteiger partial charge in [0.15, 0.2) is 0 Å². The van der Waals surface area contributed by atoms with E-state index in [1.54, 1.807) is 6.07 Å². The van der Waals surface area contributed by atoms with Gasteiger partial charge in [0, 0.05) is 13.1 Å². The van der Waals surface area contributed by atoms with Crippen LogP contribution < -0.4 is 4.90 Å². The number of nitrogens with zero attached hydrogens (tertiary/aromatic N) is 2. The molecule has 1 aromatic rings. The molecular weight excluding hydrogens is 207 g/mol. The number of aryl methyl sites for hydroxylation is 1. The van der Waals surface area contributed by atoms with Gasteiger partial charge in [0.05, 0.1) is 30.5 Å². The fourth-order valence-electron chi connectivity index (χ4n) is 1.83. The maximum Gasteiger partial charge on any atom is 0.147 e. The zero-order valence-corrected chi connectivity index (χ0v) is 9.16. The number of anilines is 1. The van der Waals surface area contributed by atoms with Gasteiger partial charge in [-0.25, -0.2) is 4.39 Å². The highest BCUT2D eigenvalue weighted by molar-refractivity contribution is 5.55. The molecule has 0 radical (unpaired) electrons. The predicted molar refractivity (Wildman–Crippen MR) is 58.9 cm³/mol. The van der Waals surface area contributed by atoms with Gasteiger partial charge < -0.3 is 9.64 Å². The smallest absolute Gasteiger partial charge is 0.147 e. The van der Waals surface area contributed by atoms with E-state index in [9.17, 15) is 4.39 Å². The van der Waals surface area contributed by atoms with Crippen LogP contribution in [0.1, 0.15) is 11.1 Å². The maximum absolute atomic E-state index is 13.8. The minimum absolute atomic E-state index is 0.330. The van der Waals surface area contributed by atoms with Crippen molar-refractivity contribution in [2.24, 2.45) is 0 Å². The van der Waals surface area contributed by atoms with Crippen molar-refractivity contribution in [1.29, 1.82) is 5.26 Å². The summed E-state index contributed by atoms with van der Waals surface area (Å²) in [6.07, 6.45) is 0. The van der Waals surface area contributed by atoms with Gasteiger partial charge in [0.2, 0.25) is 0 Å². The Morgan fingerprint density at radius 2 is 2.06 bits per heavy atom. The first-order chi connectivity index (χ1) is 7.72. The van der Waals surface area contributed by atoms with Gasteiger partial charge in [-0.1, -0.05) is 0 Å². The Kier molecular flexibility index (Phi) is 3.07. The first-order valence-electron chi connectivity index (χ1n) is 5.25. The minimum atomic E-state index is -0.330. The van der Waals surface area contributed by atoms with Crippen LogP contribution in [0.4, 0.5) is 10.1 Å². The lowest BCUT2D eigenvalue weighted by Gasteiger charge is -2.29. The number of nitriles is 1. The van der Waals surface area contributed by atoms with E-state index in [-0.39, 0.29) is 5.82 Å². The second-order valence-corrected chi connectivity index (χ2v) is 3.83. The molecule has 1 aliphatic rings. The normalized spacial score (nSPS) is 15.9. The number of benzene rings is 1. The van der Waals surface area contributed by atoms with Crippen LogP contribution in [0, 0.1) is 24.1 Å². The average molecular weight is 220 g/mol. The third-order valence-electron chi connectivity index (χ3n) is 2.77. The van der Waals surface area contributed by atoms with Crippen LogP contribution in [0.25, 0.3) is 0 Å². The molecule has 4 heteroatoms. The van der Waals surface area contributed by atoms with E-state index in [0.29, 0.717) is 37.6 Å². The Morgan fingerprint density at radius 1 is 1.38 bits per heavy atom. The summed E-state index contributed by atoms with van der Waals surface area (Å²) in [5.41, 5.74) is 1.78. The van der Waals surface area contributed by atoms with Gasteiger partial charge in [-0.3, -0.25) is 0 Å². The van der Waals surface area contributed by atoms with Crippen LogP contribution in [0.15, 0.2) is 12.1 Å². The van der Waals surface area contributed by atoms with Crippen molar-refractivity contribution >= 4 is 5.69 Å². The summed E-state index contributed by atoms with van der Waals surface area (Å²) < 4.78 is 19.0. The van der Waals surface area contributed by atoms with Crippen molar-refractivity contribution in [3.8, 4) is 6.07 Å². The van der Waals surface area contributed by atoms with E-state index in [4.69, 9.17) is 10.00 Å². The summed E-state index contributed by atoms with van der Waals surface area (Å²) in [5, 5.41) is 8.79. The summed E-state index contributed by atoms with van der Waals surface area (Å²) in [6, 6.07) is 5.02. The average Bonchev–Trinajstić information content (AvgIpc) is 2.32. The topological polar surface area (TPSA) is 36.3 Å². The summed E-state index contributed by atoms with van der Waals surface area (Å²) in [6.45, 7) is 4.46. The van der Waals surface area contributed by atoms with E-state index in [2.05, 4.69) is 0 Å². The van der Waals surface area contributed by atoms with Gasteiger partial charge in [0.1, 0.15) is 5.82 Å². The molecular formula is C12H13FN2O. The third-order valence-corrected chi connectivity index (χ3v) is 2.77. The lowest BCUT2D eigenvalue weighted by molar-refractivity contribution is 0.122. The number of morpholine rings is 1. The van der Waals surface area contributed by atoms with Gasteiger partial charge in [-0.2, -0.15) is 5.26 Å². The molecule has 0 unspecified atom stereocenters. The van der Waals surface area contributed by atoms with Crippen LogP contribution in [-0.4, -0.2) is 26.3 Å². The Bertz CT molecular complexity index is 433. The minimum Gasteiger partial charge on any atom is -0.378 e. The monoisotopic (exact) mass is 220 g/mol. The molecule has 3 nitrogen and oxygen atoms in total. The fourth-order valence-corrected chi connectivity index (χ4v) is 1.83. The highest BCUT2D eigenvalue weighted by atomic mass is 19.1. The van der Waals surface area contributed by atoms with E-state index in [1.165, 1.54) is 6.07 Å². The Hall–Kier alpha value is -1.60. The maximum atomic E-state index is 13.8.